The van der Waals surface area contributed by atoms with E-state index in [1.165, 1.54) is 0 Å². The van der Waals surface area contributed by atoms with Crippen LogP contribution in [-0.4, -0.2) is 43.0 Å². The number of amides is 1. The molecule has 1 aromatic heterocycles. The Morgan fingerprint density at radius 2 is 2.00 bits per heavy atom. The van der Waals surface area contributed by atoms with Gasteiger partial charge in [-0.15, -0.1) is 0 Å². The van der Waals surface area contributed by atoms with Gasteiger partial charge >= 0.3 is 0 Å². The fraction of sp³-hybridized carbons (Fsp3) is 0.368. The van der Waals surface area contributed by atoms with Crippen LogP contribution in [0, 0.1) is 13.8 Å². The van der Waals surface area contributed by atoms with Crippen LogP contribution >= 0.6 is 0 Å². The maximum atomic E-state index is 12.6. The molecule has 0 aliphatic carbocycles. The first kappa shape index (κ1) is 17.9. The normalized spacial score (nSPS) is 12.0. The van der Waals surface area contributed by atoms with Crippen molar-refractivity contribution in [1.29, 1.82) is 0 Å². The van der Waals surface area contributed by atoms with Crippen LogP contribution in [0.25, 0.3) is 0 Å². The largest absolute Gasteiger partial charge is 0.383 e. The highest BCUT2D eigenvalue weighted by Crippen LogP contribution is 2.19. The van der Waals surface area contributed by atoms with Crippen LogP contribution in [0.2, 0.25) is 0 Å². The number of nitrogens with one attached hydrogen (secondary N) is 2. The van der Waals surface area contributed by atoms with Gasteiger partial charge in [0, 0.05) is 31.2 Å². The monoisotopic (exact) mass is 326 g/mol. The SMILES string of the molecule is Cc1cccc([C@H](C(=O)NCCNc2ccncc2C)N(C)C)c1. The van der Waals surface area contributed by atoms with Crippen molar-refractivity contribution in [3.63, 3.8) is 0 Å². The van der Waals surface area contributed by atoms with Crippen molar-refractivity contribution in [2.45, 2.75) is 19.9 Å². The number of aryl methyl sites for hydroxylation is 2. The molecule has 0 aliphatic heterocycles. The summed E-state index contributed by atoms with van der Waals surface area (Å²) in [5.41, 5.74) is 4.30. The third kappa shape index (κ3) is 4.80. The number of benzene rings is 1. The third-order valence-corrected chi connectivity index (χ3v) is 3.88. The standard InChI is InChI=1S/C19H26N4O/c1-14-6-5-7-16(12-14)18(23(3)4)19(24)22-11-10-21-17-8-9-20-13-15(17)2/h5-9,12-13,18H,10-11H2,1-4H3,(H,20,21)(H,22,24)/t18-/m1/s1. The molecule has 2 aromatic rings. The predicted molar refractivity (Wildman–Crippen MR) is 98.1 cm³/mol. The van der Waals surface area contributed by atoms with Gasteiger partial charge in [-0.25, -0.2) is 0 Å². The van der Waals surface area contributed by atoms with E-state index in [0.717, 1.165) is 22.4 Å². The number of rotatable bonds is 7. The molecular weight excluding hydrogens is 300 g/mol. The van der Waals surface area contributed by atoms with Crippen molar-refractivity contribution >= 4 is 11.6 Å². The molecule has 1 heterocycles. The van der Waals surface area contributed by atoms with Crippen LogP contribution in [0.5, 0.6) is 0 Å². The average Bonchev–Trinajstić information content (AvgIpc) is 2.53. The van der Waals surface area contributed by atoms with E-state index in [0.29, 0.717) is 13.1 Å². The minimum atomic E-state index is -0.285. The molecule has 128 valence electrons. The summed E-state index contributed by atoms with van der Waals surface area (Å²) in [5.74, 6) is 0.0128. The lowest BCUT2D eigenvalue weighted by molar-refractivity contribution is -0.125. The zero-order chi connectivity index (χ0) is 17.5. The molecule has 1 aromatic carbocycles. The fourth-order valence-corrected chi connectivity index (χ4v) is 2.68. The van der Waals surface area contributed by atoms with Gasteiger partial charge in [0.05, 0.1) is 0 Å². The molecule has 24 heavy (non-hydrogen) atoms. The van der Waals surface area contributed by atoms with Crippen molar-refractivity contribution < 1.29 is 4.79 Å². The summed E-state index contributed by atoms with van der Waals surface area (Å²) < 4.78 is 0. The van der Waals surface area contributed by atoms with Gasteiger partial charge in [0.1, 0.15) is 6.04 Å². The van der Waals surface area contributed by atoms with E-state index in [1.54, 1.807) is 6.20 Å². The molecule has 0 saturated carbocycles. The second-order valence-corrected chi connectivity index (χ2v) is 6.19. The van der Waals surface area contributed by atoms with Crippen LogP contribution in [0.15, 0.2) is 42.7 Å². The number of hydrogen-bond donors (Lipinski definition) is 2. The Labute approximate surface area is 144 Å². The number of likely N-dealkylation sites (N-methyl/N-ethyl adjacent to an activating group) is 1. The Morgan fingerprint density at radius 1 is 1.21 bits per heavy atom. The Balaban J connectivity index is 1.91. The summed E-state index contributed by atoms with van der Waals surface area (Å²) in [4.78, 5) is 18.6. The highest BCUT2D eigenvalue weighted by Gasteiger charge is 2.22. The van der Waals surface area contributed by atoms with Gasteiger partial charge in [0.2, 0.25) is 5.91 Å². The summed E-state index contributed by atoms with van der Waals surface area (Å²) in [6, 6.07) is 9.73. The van der Waals surface area contributed by atoms with Crippen LogP contribution in [-0.2, 0) is 4.79 Å². The van der Waals surface area contributed by atoms with Crippen molar-refractivity contribution in [3.05, 3.63) is 59.4 Å². The molecule has 0 fully saturated rings. The lowest BCUT2D eigenvalue weighted by Crippen LogP contribution is -2.39. The van der Waals surface area contributed by atoms with E-state index >= 15 is 0 Å². The summed E-state index contributed by atoms with van der Waals surface area (Å²) >= 11 is 0. The van der Waals surface area contributed by atoms with Crippen LogP contribution in [0.3, 0.4) is 0 Å². The Hall–Kier alpha value is -2.40. The Bertz CT molecular complexity index is 685. The number of carbonyl (C=O) groups is 1. The molecule has 5 nitrogen and oxygen atoms in total. The first-order valence-electron chi connectivity index (χ1n) is 8.14. The third-order valence-electron chi connectivity index (χ3n) is 3.88. The van der Waals surface area contributed by atoms with E-state index in [1.807, 2.05) is 63.3 Å². The summed E-state index contributed by atoms with van der Waals surface area (Å²) in [6.45, 7) is 5.28. The maximum Gasteiger partial charge on any atom is 0.242 e. The predicted octanol–water partition coefficient (Wildman–Crippen LogP) is 2.53. The molecule has 2 rings (SSSR count). The van der Waals surface area contributed by atoms with E-state index < -0.39 is 0 Å². The van der Waals surface area contributed by atoms with Gasteiger partial charge in [-0.2, -0.15) is 0 Å². The fourth-order valence-electron chi connectivity index (χ4n) is 2.68. The van der Waals surface area contributed by atoms with Crippen molar-refractivity contribution in [1.82, 2.24) is 15.2 Å². The molecule has 2 N–H and O–H groups in total. The smallest absolute Gasteiger partial charge is 0.242 e. The topological polar surface area (TPSA) is 57.3 Å². The average molecular weight is 326 g/mol. The molecule has 0 radical (unpaired) electrons. The van der Waals surface area contributed by atoms with Gasteiger partial charge in [-0.3, -0.25) is 14.7 Å². The van der Waals surface area contributed by atoms with E-state index in [-0.39, 0.29) is 11.9 Å². The van der Waals surface area contributed by atoms with Gasteiger partial charge in [-0.1, -0.05) is 29.8 Å². The van der Waals surface area contributed by atoms with Crippen LogP contribution < -0.4 is 10.6 Å². The maximum absolute atomic E-state index is 12.6. The van der Waals surface area contributed by atoms with Crippen molar-refractivity contribution in [2.24, 2.45) is 0 Å². The highest BCUT2D eigenvalue weighted by molar-refractivity contribution is 5.83. The number of anilines is 1. The first-order chi connectivity index (χ1) is 11.5. The lowest BCUT2D eigenvalue weighted by Gasteiger charge is -2.24. The number of pyridine rings is 1. The summed E-state index contributed by atoms with van der Waals surface area (Å²) in [7, 11) is 3.84. The van der Waals surface area contributed by atoms with E-state index in [9.17, 15) is 4.79 Å². The number of carbonyl (C=O) groups excluding carboxylic acids is 1. The first-order valence-corrected chi connectivity index (χ1v) is 8.14. The molecule has 1 atom stereocenters. The molecule has 0 unspecified atom stereocenters. The van der Waals surface area contributed by atoms with Gasteiger partial charge in [-0.05, 0) is 45.1 Å². The minimum Gasteiger partial charge on any atom is -0.383 e. The molecule has 0 bridgehead atoms. The van der Waals surface area contributed by atoms with Gasteiger partial charge < -0.3 is 10.6 Å². The van der Waals surface area contributed by atoms with Crippen LogP contribution in [0.4, 0.5) is 5.69 Å². The zero-order valence-corrected chi connectivity index (χ0v) is 14.8. The Morgan fingerprint density at radius 3 is 2.67 bits per heavy atom. The summed E-state index contributed by atoms with van der Waals surface area (Å²) in [6.07, 6.45) is 3.58. The highest BCUT2D eigenvalue weighted by atomic mass is 16.2. The lowest BCUT2D eigenvalue weighted by atomic mass is 10.0. The molecule has 0 spiro atoms. The minimum absolute atomic E-state index is 0.0128. The van der Waals surface area contributed by atoms with Gasteiger partial charge in [0.25, 0.3) is 0 Å². The molecular formula is C19H26N4O. The quantitative estimate of drug-likeness (QED) is 0.768. The summed E-state index contributed by atoms with van der Waals surface area (Å²) in [5, 5.41) is 6.33. The van der Waals surface area contributed by atoms with Gasteiger partial charge in [0.15, 0.2) is 0 Å². The Kier molecular flexibility index (Phi) is 6.32. The number of nitrogens with zero attached hydrogens (tertiary/aromatic N) is 2. The zero-order valence-electron chi connectivity index (χ0n) is 14.8. The molecule has 0 aliphatic rings. The van der Waals surface area contributed by atoms with Crippen LogP contribution in [0.1, 0.15) is 22.7 Å². The molecule has 0 saturated heterocycles. The van der Waals surface area contributed by atoms with Crippen molar-refractivity contribution in [2.75, 3.05) is 32.5 Å². The second kappa shape index (κ2) is 8.45. The van der Waals surface area contributed by atoms with E-state index in [4.69, 9.17) is 0 Å². The molecule has 1 amide bonds. The number of hydrogen-bond acceptors (Lipinski definition) is 4. The van der Waals surface area contributed by atoms with E-state index in [2.05, 4.69) is 21.7 Å². The number of aromatic nitrogens is 1. The second-order valence-electron chi connectivity index (χ2n) is 6.19. The van der Waals surface area contributed by atoms with Crippen molar-refractivity contribution in [3.8, 4) is 0 Å². The molecule has 5 heteroatoms.